The molecule has 1 aliphatic rings. The normalized spacial score (nSPS) is 16.6. The molecule has 0 aliphatic carbocycles. The first-order valence-corrected chi connectivity index (χ1v) is 11.3. The minimum Gasteiger partial charge on any atom is -0.487 e. The average Bonchev–Trinajstić information content (AvgIpc) is 3.18. The van der Waals surface area contributed by atoms with Crippen molar-refractivity contribution >= 4 is 22.5 Å². The van der Waals surface area contributed by atoms with Crippen molar-refractivity contribution in [3.8, 4) is 5.75 Å². The maximum absolute atomic E-state index is 12.2. The molecule has 4 rings (SSSR count). The summed E-state index contributed by atoms with van der Waals surface area (Å²) in [6, 6.07) is 9.47. The van der Waals surface area contributed by atoms with Crippen LogP contribution in [0.5, 0.6) is 5.75 Å². The van der Waals surface area contributed by atoms with Gasteiger partial charge in [-0.2, -0.15) is 0 Å². The molecule has 0 amide bonds. The third-order valence-electron chi connectivity index (χ3n) is 5.44. The molecule has 6 nitrogen and oxygen atoms in total. The smallest absolute Gasteiger partial charge is 0.227 e. The molecule has 1 aromatic carbocycles. The second-order valence-electron chi connectivity index (χ2n) is 7.80. The van der Waals surface area contributed by atoms with E-state index in [2.05, 4.69) is 22.9 Å². The number of aryl methyl sites for hydroxylation is 1. The molecule has 0 bridgehead atoms. The summed E-state index contributed by atoms with van der Waals surface area (Å²) in [5, 5.41) is 1.91. The van der Waals surface area contributed by atoms with Crippen molar-refractivity contribution in [3.63, 3.8) is 0 Å². The highest BCUT2D eigenvalue weighted by atomic mass is 35.5. The minimum absolute atomic E-state index is 0.188. The molecule has 2 aromatic heterocycles. The van der Waals surface area contributed by atoms with Crippen LogP contribution in [0.2, 0.25) is 5.02 Å². The summed E-state index contributed by atoms with van der Waals surface area (Å²) >= 11 is 6.04. The Morgan fingerprint density at radius 1 is 1.13 bits per heavy atom. The van der Waals surface area contributed by atoms with Crippen LogP contribution in [-0.2, 0) is 22.6 Å². The third-order valence-corrected chi connectivity index (χ3v) is 5.67. The SMILES string of the molecule is O=c1cc(COC2CCCCO2)occ1OCCCCCn1ccc2cc(Cl)ccc21. The number of rotatable bonds is 10. The summed E-state index contributed by atoms with van der Waals surface area (Å²) in [6.07, 6.45) is 9.20. The molecule has 0 radical (unpaired) electrons. The molecular formula is C24H28ClNO5. The Labute approximate surface area is 186 Å². The molecular weight excluding hydrogens is 418 g/mol. The predicted octanol–water partition coefficient (Wildman–Crippen LogP) is 5.54. The van der Waals surface area contributed by atoms with Gasteiger partial charge in [-0.3, -0.25) is 4.79 Å². The van der Waals surface area contributed by atoms with Crippen LogP contribution in [0.1, 0.15) is 44.3 Å². The van der Waals surface area contributed by atoms with Gasteiger partial charge in [-0.05, 0) is 62.8 Å². The second-order valence-corrected chi connectivity index (χ2v) is 8.24. The van der Waals surface area contributed by atoms with Gasteiger partial charge < -0.3 is 23.2 Å². The third kappa shape index (κ3) is 6.12. The van der Waals surface area contributed by atoms with Crippen LogP contribution in [-0.4, -0.2) is 24.1 Å². The molecule has 1 atom stereocenters. The van der Waals surface area contributed by atoms with Gasteiger partial charge in [0, 0.05) is 41.3 Å². The summed E-state index contributed by atoms with van der Waals surface area (Å²) in [7, 11) is 0. The molecule has 0 spiro atoms. The fourth-order valence-electron chi connectivity index (χ4n) is 3.75. The summed E-state index contributed by atoms with van der Waals surface area (Å²) < 4.78 is 24.5. The van der Waals surface area contributed by atoms with Crippen molar-refractivity contribution in [2.45, 2.75) is 58.0 Å². The lowest BCUT2D eigenvalue weighted by atomic mass is 10.2. The number of benzene rings is 1. The Bertz CT molecular complexity index is 1040. The van der Waals surface area contributed by atoms with Crippen molar-refractivity contribution < 1.29 is 18.6 Å². The lowest BCUT2D eigenvalue weighted by Gasteiger charge is -2.22. The molecule has 3 heterocycles. The summed E-state index contributed by atoms with van der Waals surface area (Å²) in [5.41, 5.74) is 1.00. The van der Waals surface area contributed by atoms with Gasteiger partial charge in [0.25, 0.3) is 0 Å². The van der Waals surface area contributed by atoms with E-state index in [9.17, 15) is 4.79 Å². The van der Waals surface area contributed by atoms with Gasteiger partial charge in [0.15, 0.2) is 6.29 Å². The van der Waals surface area contributed by atoms with Gasteiger partial charge >= 0.3 is 0 Å². The van der Waals surface area contributed by atoms with E-state index < -0.39 is 0 Å². The van der Waals surface area contributed by atoms with E-state index in [0.29, 0.717) is 12.4 Å². The van der Waals surface area contributed by atoms with E-state index in [1.54, 1.807) is 0 Å². The molecule has 3 aromatic rings. The number of halogens is 1. The maximum Gasteiger partial charge on any atom is 0.227 e. The summed E-state index contributed by atoms with van der Waals surface area (Å²) in [4.78, 5) is 12.2. The van der Waals surface area contributed by atoms with Gasteiger partial charge in [0.05, 0.1) is 6.61 Å². The number of hydrogen-bond donors (Lipinski definition) is 0. The molecule has 7 heteroatoms. The fourth-order valence-corrected chi connectivity index (χ4v) is 3.93. The van der Waals surface area contributed by atoms with Crippen LogP contribution in [0.4, 0.5) is 0 Å². The van der Waals surface area contributed by atoms with Crippen LogP contribution in [0.15, 0.2) is 52.0 Å². The Balaban J connectivity index is 1.16. The topological polar surface area (TPSA) is 62.8 Å². The van der Waals surface area contributed by atoms with Crippen molar-refractivity contribution in [2.75, 3.05) is 13.2 Å². The maximum atomic E-state index is 12.2. The summed E-state index contributed by atoms with van der Waals surface area (Å²) in [5.74, 6) is 0.720. The lowest BCUT2D eigenvalue weighted by Crippen LogP contribution is -2.22. The monoisotopic (exact) mass is 445 g/mol. The standard InChI is InChI=1S/C24H28ClNO5/c25-19-7-8-21-18(14-19)9-11-26(21)10-3-1-4-12-28-23-17-30-20(15-22(23)27)16-31-24-6-2-5-13-29-24/h7-9,11,14-15,17,24H,1-6,10,12-13,16H2. The number of ether oxygens (including phenoxy) is 3. The van der Waals surface area contributed by atoms with E-state index in [1.807, 2.05) is 12.1 Å². The molecule has 1 unspecified atom stereocenters. The fraction of sp³-hybridized carbons (Fsp3) is 0.458. The Morgan fingerprint density at radius 2 is 2.06 bits per heavy atom. The predicted molar refractivity (Wildman–Crippen MR) is 120 cm³/mol. The average molecular weight is 446 g/mol. The van der Waals surface area contributed by atoms with Gasteiger partial charge in [-0.1, -0.05) is 11.6 Å². The van der Waals surface area contributed by atoms with Crippen LogP contribution < -0.4 is 10.2 Å². The van der Waals surface area contributed by atoms with Crippen molar-refractivity contribution in [3.05, 3.63) is 63.8 Å². The zero-order valence-electron chi connectivity index (χ0n) is 17.6. The Hall–Kier alpha value is -2.28. The molecule has 0 N–H and O–H groups in total. The van der Waals surface area contributed by atoms with E-state index in [0.717, 1.165) is 62.1 Å². The van der Waals surface area contributed by atoms with Crippen molar-refractivity contribution in [1.29, 1.82) is 0 Å². The lowest BCUT2D eigenvalue weighted by molar-refractivity contribution is -0.171. The zero-order chi connectivity index (χ0) is 21.5. The van der Waals surface area contributed by atoms with E-state index in [-0.39, 0.29) is 24.1 Å². The zero-order valence-corrected chi connectivity index (χ0v) is 18.3. The first-order valence-electron chi connectivity index (χ1n) is 10.9. The molecule has 1 fully saturated rings. The Morgan fingerprint density at radius 3 is 2.90 bits per heavy atom. The number of fused-ring (bicyclic) bond motifs is 1. The molecule has 31 heavy (non-hydrogen) atoms. The first-order chi connectivity index (χ1) is 15.2. The quantitative estimate of drug-likeness (QED) is 0.383. The summed E-state index contributed by atoms with van der Waals surface area (Å²) in [6.45, 7) is 2.37. The second kappa shape index (κ2) is 10.8. The molecule has 166 valence electrons. The van der Waals surface area contributed by atoms with Crippen LogP contribution in [0.25, 0.3) is 10.9 Å². The highest BCUT2D eigenvalue weighted by Crippen LogP contribution is 2.21. The van der Waals surface area contributed by atoms with Gasteiger partial charge in [-0.25, -0.2) is 0 Å². The molecule has 0 saturated carbocycles. The van der Waals surface area contributed by atoms with Crippen LogP contribution in [0, 0.1) is 0 Å². The number of aromatic nitrogens is 1. The van der Waals surface area contributed by atoms with Crippen LogP contribution in [0.3, 0.4) is 0 Å². The Kier molecular flexibility index (Phi) is 7.67. The first kappa shape index (κ1) is 21.9. The van der Waals surface area contributed by atoms with Gasteiger partial charge in [0.2, 0.25) is 11.2 Å². The van der Waals surface area contributed by atoms with Crippen molar-refractivity contribution in [1.82, 2.24) is 4.57 Å². The largest absolute Gasteiger partial charge is 0.487 e. The van der Waals surface area contributed by atoms with Gasteiger partial charge in [-0.15, -0.1) is 0 Å². The number of unbranched alkanes of at least 4 members (excludes halogenated alkanes) is 2. The molecule has 1 aliphatic heterocycles. The van der Waals surface area contributed by atoms with Gasteiger partial charge in [0.1, 0.15) is 18.6 Å². The van der Waals surface area contributed by atoms with E-state index in [1.165, 1.54) is 17.8 Å². The highest BCUT2D eigenvalue weighted by Gasteiger charge is 2.15. The molecule has 1 saturated heterocycles. The van der Waals surface area contributed by atoms with Crippen molar-refractivity contribution in [2.24, 2.45) is 0 Å². The van der Waals surface area contributed by atoms with E-state index >= 15 is 0 Å². The number of nitrogens with zero attached hydrogens (tertiary/aromatic N) is 1. The highest BCUT2D eigenvalue weighted by molar-refractivity contribution is 6.31. The van der Waals surface area contributed by atoms with Crippen LogP contribution >= 0.6 is 11.6 Å². The number of hydrogen-bond acceptors (Lipinski definition) is 5. The minimum atomic E-state index is -0.211. The van der Waals surface area contributed by atoms with E-state index in [4.69, 9.17) is 30.2 Å².